The summed E-state index contributed by atoms with van der Waals surface area (Å²) < 4.78 is 13.8. The summed E-state index contributed by atoms with van der Waals surface area (Å²) in [6, 6.07) is 5.85. The van der Waals surface area contributed by atoms with Gasteiger partial charge in [0.15, 0.2) is 0 Å². The highest BCUT2D eigenvalue weighted by Crippen LogP contribution is 2.19. The van der Waals surface area contributed by atoms with Crippen molar-refractivity contribution >= 4 is 15.9 Å². The molecule has 0 radical (unpaired) electrons. The van der Waals surface area contributed by atoms with Gasteiger partial charge < -0.3 is 5.32 Å². The van der Waals surface area contributed by atoms with Crippen LogP contribution >= 0.6 is 15.9 Å². The fraction of sp³-hybridized carbons (Fsp3) is 0.667. The van der Waals surface area contributed by atoms with Crippen molar-refractivity contribution < 1.29 is 4.39 Å². The molecule has 1 aromatic rings. The first-order valence-corrected chi connectivity index (χ1v) is 9.14. The Bertz CT molecular complexity index is 395. The molecule has 0 aliphatic rings. The van der Waals surface area contributed by atoms with E-state index in [0.717, 1.165) is 13.0 Å². The van der Waals surface area contributed by atoms with Crippen LogP contribution in [0.25, 0.3) is 0 Å². The molecule has 120 valence electrons. The molecule has 1 rings (SSSR count). The van der Waals surface area contributed by atoms with E-state index in [2.05, 4.69) is 35.1 Å². The molecule has 0 fully saturated rings. The minimum absolute atomic E-state index is 0.185. The number of hydrogen-bond acceptors (Lipinski definition) is 1. The topological polar surface area (TPSA) is 12.0 Å². The molecule has 1 nitrogen and oxygen atoms in total. The van der Waals surface area contributed by atoms with E-state index in [-0.39, 0.29) is 5.82 Å². The zero-order valence-electron chi connectivity index (χ0n) is 13.4. The van der Waals surface area contributed by atoms with Crippen LogP contribution in [-0.4, -0.2) is 12.6 Å². The third-order valence-electron chi connectivity index (χ3n) is 3.87. The lowest BCUT2D eigenvalue weighted by atomic mass is 9.99. The van der Waals surface area contributed by atoms with Gasteiger partial charge in [-0.25, -0.2) is 4.39 Å². The molecule has 0 heterocycles. The van der Waals surface area contributed by atoms with Gasteiger partial charge in [0, 0.05) is 6.04 Å². The van der Waals surface area contributed by atoms with Crippen LogP contribution in [0.15, 0.2) is 22.7 Å². The van der Waals surface area contributed by atoms with Gasteiger partial charge in [-0.3, -0.25) is 0 Å². The van der Waals surface area contributed by atoms with Gasteiger partial charge in [0.2, 0.25) is 0 Å². The van der Waals surface area contributed by atoms with Crippen LogP contribution < -0.4 is 5.32 Å². The van der Waals surface area contributed by atoms with Crippen LogP contribution in [0.1, 0.15) is 64.4 Å². The summed E-state index contributed by atoms with van der Waals surface area (Å²) in [5.74, 6) is -0.185. The minimum Gasteiger partial charge on any atom is -0.314 e. The van der Waals surface area contributed by atoms with Crippen LogP contribution in [-0.2, 0) is 6.42 Å². The Morgan fingerprint density at radius 1 is 1.10 bits per heavy atom. The van der Waals surface area contributed by atoms with Gasteiger partial charge in [0.05, 0.1) is 4.47 Å². The van der Waals surface area contributed by atoms with E-state index in [0.29, 0.717) is 10.5 Å². The summed E-state index contributed by atoms with van der Waals surface area (Å²) in [6.07, 6.45) is 10.2. The zero-order valence-corrected chi connectivity index (χ0v) is 15.0. The SMILES string of the molecule is CCCCCCCCC(Cc1ccc(F)c(Br)c1)NCC. The van der Waals surface area contributed by atoms with E-state index >= 15 is 0 Å². The molecular formula is C18H29BrFN. The predicted octanol–water partition coefficient (Wildman–Crippen LogP) is 5.86. The van der Waals surface area contributed by atoms with E-state index in [1.54, 1.807) is 6.07 Å². The van der Waals surface area contributed by atoms with Gasteiger partial charge in [0.25, 0.3) is 0 Å². The van der Waals surface area contributed by atoms with Crippen molar-refractivity contribution in [2.45, 2.75) is 71.3 Å². The largest absolute Gasteiger partial charge is 0.314 e. The number of likely N-dealkylation sites (N-methyl/N-ethyl adjacent to an activating group) is 1. The number of rotatable bonds is 11. The Morgan fingerprint density at radius 2 is 1.81 bits per heavy atom. The van der Waals surface area contributed by atoms with E-state index < -0.39 is 0 Å². The monoisotopic (exact) mass is 357 g/mol. The Labute approximate surface area is 137 Å². The molecular weight excluding hydrogens is 329 g/mol. The number of unbranched alkanes of at least 4 members (excludes halogenated alkanes) is 5. The summed E-state index contributed by atoms with van der Waals surface area (Å²) in [6.45, 7) is 5.39. The second kappa shape index (κ2) is 11.2. The van der Waals surface area contributed by atoms with Crippen LogP contribution in [0.4, 0.5) is 4.39 Å². The molecule has 3 heteroatoms. The van der Waals surface area contributed by atoms with Crippen molar-refractivity contribution in [1.29, 1.82) is 0 Å². The molecule has 0 saturated heterocycles. The number of hydrogen-bond donors (Lipinski definition) is 1. The number of benzene rings is 1. The molecule has 1 unspecified atom stereocenters. The van der Waals surface area contributed by atoms with Crippen LogP contribution in [0.3, 0.4) is 0 Å². The number of nitrogens with one attached hydrogen (secondary N) is 1. The summed E-state index contributed by atoms with van der Waals surface area (Å²) in [7, 11) is 0. The maximum Gasteiger partial charge on any atom is 0.137 e. The first-order chi connectivity index (χ1) is 10.2. The lowest BCUT2D eigenvalue weighted by Gasteiger charge is -2.18. The van der Waals surface area contributed by atoms with Crippen LogP contribution in [0.2, 0.25) is 0 Å². The molecule has 0 amide bonds. The second-order valence-electron chi connectivity index (χ2n) is 5.76. The van der Waals surface area contributed by atoms with Crippen molar-refractivity contribution in [1.82, 2.24) is 5.32 Å². The Morgan fingerprint density at radius 3 is 2.48 bits per heavy atom. The molecule has 0 spiro atoms. The normalized spacial score (nSPS) is 12.6. The summed E-state index contributed by atoms with van der Waals surface area (Å²) >= 11 is 3.27. The fourth-order valence-electron chi connectivity index (χ4n) is 2.69. The van der Waals surface area contributed by atoms with Gasteiger partial charge in [-0.1, -0.05) is 58.4 Å². The van der Waals surface area contributed by atoms with Crippen molar-refractivity contribution in [3.63, 3.8) is 0 Å². The predicted molar refractivity (Wildman–Crippen MR) is 93.3 cm³/mol. The van der Waals surface area contributed by atoms with Crippen molar-refractivity contribution in [3.8, 4) is 0 Å². The molecule has 1 aromatic carbocycles. The Hall–Kier alpha value is -0.410. The highest BCUT2D eigenvalue weighted by Gasteiger charge is 2.09. The average molecular weight is 358 g/mol. The summed E-state index contributed by atoms with van der Waals surface area (Å²) in [5.41, 5.74) is 1.19. The van der Waals surface area contributed by atoms with Gasteiger partial charge in [-0.05, 0) is 53.0 Å². The highest BCUT2D eigenvalue weighted by molar-refractivity contribution is 9.10. The van der Waals surface area contributed by atoms with Crippen LogP contribution in [0, 0.1) is 5.82 Å². The van der Waals surface area contributed by atoms with Crippen molar-refractivity contribution in [2.24, 2.45) is 0 Å². The lowest BCUT2D eigenvalue weighted by molar-refractivity contribution is 0.459. The van der Waals surface area contributed by atoms with Gasteiger partial charge in [-0.15, -0.1) is 0 Å². The molecule has 21 heavy (non-hydrogen) atoms. The maximum atomic E-state index is 13.3. The molecule has 0 aliphatic heterocycles. The standard InChI is InChI=1S/C18H29BrFN/c1-3-5-6-7-8-9-10-16(21-4-2)13-15-11-12-18(20)17(19)14-15/h11-12,14,16,21H,3-10,13H2,1-2H3. The molecule has 0 aromatic heterocycles. The van der Waals surface area contributed by atoms with E-state index in [4.69, 9.17) is 0 Å². The van der Waals surface area contributed by atoms with Gasteiger partial charge in [0.1, 0.15) is 5.82 Å². The van der Waals surface area contributed by atoms with Crippen molar-refractivity contribution in [2.75, 3.05) is 6.54 Å². The quantitative estimate of drug-likeness (QED) is 0.489. The van der Waals surface area contributed by atoms with E-state index in [1.807, 2.05) is 12.1 Å². The second-order valence-corrected chi connectivity index (χ2v) is 6.62. The third-order valence-corrected chi connectivity index (χ3v) is 4.47. The molecule has 1 N–H and O–H groups in total. The summed E-state index contributed by atoms with van der Waals surface area (Å²) in [4.78, 5) is 0. The third kappa shape index (κ3) is 7.96. The summed E-state index contributed by atoms with van der Waals surface area (Å²) in [5, 5.41) is 3.56. The average Bonchev–Trinajstić information content (AvgIpc) is 2.46. The molecule has 0 saturated carbocycles. The number of halogens is 2. The molecule has 0 bridgehead atoms. The smallest absolute Gasteiger partial charge is 0.137 e. The van der Waals surface area contributed by atoms with Gasteiger partial charge >= 0.3 is 0 Å². The first-order valence-electron chi connectivity index (χ1n) is 8.34. The Kier molecular flexibility index (Phi) is 9.94. The molecule has 0 aliphatic carbocycles. The van der Waals surface area contributed by atoms with Gasteiger partial charge in [-0.2, -0.15) is 0 Å². The molecule has 1 atom stereocenters. The fourth-order valence-corrected chi connectivity index (χ4v) is 3.11. The minimum atomic E-state index is -0.185. The van der Waals surface area contributed by atoms with Crippen molar-refractivity contribution in [3.05, 3.63) is 34.1 Å². The lowest BCUT2D eigenvalue weighted by Crippen LogP contribution is -2.30. The maximum absolute atomic E-state index is 13.3. The first kappa shape index (κ1) is 18.6. The zero-order chi connectivity index (χ0) is 15.5. The van der Waals surface area contributed by atoms with Crippen LogP contribution in [0.5, 0.6) is 0 Å². The highest BCUT2D eigenvalue weighted by atomic mass is 79.9. The van der Waals surface area contributed by atoms with E-state index in [9.17, 15) is 4.39 Å². The Balaban J connectivity index is 2.36. The van der Waals surface area contributed by atoms with E-state index in [1.165, 1.54) is 50.5 Å².